The number of aromatic hydroxyl groups is 1. The van der Waals surface area contributed by atoms with E-state index in [1.807, 2.05) is 18.2 Å². The topological polar surface area (TPSA) is 20.2 Å². The Kier molecular flexibility index (Phi) is 4.62. The van der Waals surface area contributed by atoms with Gasteiger partial charge in [0.25, 0.3) is 0 Å². The van der Waals surface area contributed by atoms with Gasteiger partial charge in [-0.15, -0.1) is 0 Å². The van der Waals surface area contributed by atoms with Crippen molar-refractivity contribution in [3.63, 3.8) is 0 Å². The van der Waals surface area contributed by atoms with Crippen molar-refractivity contribution in [3.05, 3.63) is 53.6 Å². The van der Waals surface area contributed by atoms with Crippen LogP contribution in [0.4, 0.5) is 0 Å². The third kappa shape index (κ3) is 3.37. The minimum absolute atomic E-state index is 0.439. The number of hydrogen-bond donors (Lipinski definition) is 1. The minimum atomic E-state index is 0.439. The summed E-state index contributed by atoms with van der Waals surface area (Å²) >= 11 is 0. The quantitative estimate of drug-likeness (QED) is 0.642. The molecular weight excluding hydrogens is 232 g/mol. The molecule has 0 spiro atoms. The van der Waals surface area contributed by atoms with E-state index < -0.39 is 0 Å². The fourth-order valence-electron chi connectivity index (χ4n) is 2.27. The van der Waals surface area contributed by atoms with Crippen LogP contribution >= 0.6 is 0 Å². The number of fused-ring (bicyclic) bond motifs is 1. The van der Waals surface area contributed by atoms with Gasteiger partial charge in [-0.25, -0.2) is 0 Å². The zero-order valence-electron chi connectivity index (χ0n) is 11.8. The van der Waals surface area contributed by atoms with E-state index in [4.69, 9.17) is 0 Å². The normalized spacial score (nSPS) is 10.6. The Morgan fingerprint density at radius 2 is 1.79 bits per heavy atom. The molecule has 0 heterocycles. The zero-order chi connectivity index (χ0) is 13.7. The standard InChI is InChI=1S/C11H16O.C7H6/c1-2-3-4-7-10-8-5-6-9-11(10)12;1-5-4-6-2-3-7(5)6/h5-6,8-9,12H,2-4,7H2,1H3;2-4H,1H3. The Labute approximate surface area is 115 Å². The molecule has 0 unspecified atom stereocenters. The molecule has 19 heavy (non-hydrogen) atoms. The van der Waals surface area contributed by atoms with E-state index in [0.29, 0.717) is 5.75 Å². The Bertz CT molecular complexity index is 543. The molecule has 1 N–H and O–H groups in total. The van der Waals surface area contributed by atoms with Gasteiger partial charge in [0.05, 0.1) is 0 Å². The minimum Gasteiger partial charge on any atom is -0.508 e. The fourth-order valence-corrected chi connectivity index (χ4v) is 2.27. The number of aryl methyl sites for hydroxylation is 2. The Balaban J connectivity index is 0.000000159. The molecule has 0 saturated heterocycles. The van der Waals surface area contributed by atoms with Gasteiger partial charge in [-0.1, -0.05) is 56.2 Å². The zero-order valence-corrected chi connectivity index (χ0v) is 11.8. The maximum Gasteiger partial charge on any atom is 0.118 e. The molecule has 1 aromatic rings. The fraction of sp³-hybridized carbons (Fsp3) is 0.333. The highest BCUT2D eigenvalue weighted by Crippen LogP contribution is 2.35. The molecule has 100 valence electrons. The smallest absolute Gasteiger partial charge is 0.118 e. The maximum atomic E-state index is 9.41. The van der Waals surface area contributed by atoms with Crippen LogP contribution in [-0.2, 0) is 6.42 Å². The lowest BCUT2D eigenvalue weighted by molar-refractivity contribution is 0.466. The van der Waals surface area contributed by atoms with Crippen molar-refractivity contribution in [2.45, 2.75) is 39.5 Å². The van der Waals surface area contributed by atoms with Gasteiger partial charge in [-0.2, -0.15) is 0 Å². The Hall–Kier alpha value is -1.76. The van der Waals surface area contributed by atoms with Gasteiger partial charge in [0.15, 0.2) is 0 Å². The summed E-state index contributed by atoms with van der Waals surface area (Å²) in [5.74, 6) is 0.439. The molecule has 0 amide bonds. The summed E-state index contributed by atoms with van der Waals surface area (Å²) in [4.78, 5) is 0. The number of rotatable bonds is 4. The van der Waals surface area contributed by atoms with Crippen molar-refractivity contribution < 1.29 is 5.11 Å². The first-order valence-electron chi connectivity index (χ1n) is 7.10. The lowest BCUT2D eigenvalue weighted by Crippen LogP contribution is -1.93. The average molecular weight is 254 g/mol. The monoisotopic (exact) mass is 254 g/mol. The average Bonchev–Trinajstić information content (AvgIpc) is 2.39. The van der Waals surface area contributed by atoms with Gasteiger partial charge in [0.1, 0.15) is 5.75 Å². The molecule has 1 heteroatoms. The lowest BCUT2D eigenvalue weighted by Gasteiger charge is -2.17. The molecular formula is C18H22O. The van der Waals surface area contributed by atoms with Gasteiger partial charge in [0.2, 0.25) is 0 Å². The molecule has 0 atom stereocenters. The van der Waals surface area contributed by atoms with E-state index in [2.05, 4.69) is 32.0 Å². The van der Waals surface area contributed by atoms with Crippen molar-refractivity contribution >= 4 is 0 Å². The highest BCUT2D eigenvalue weighted by atomic mass is 16.3. The third-order valence-corrected chi connectivity index (χ3v) is 3.58. The summed E-state index contributed by atoms with van der Waals surface area (Å²) in [6.07, 6.45) is 4.65. The van der Waals surface area contributed by atoms with Gasteiger partial charge in [0, 0.05) is 0 Å². The number of hydrogen-bond acceptors (Lipinski definition) is 1. The molecule has 3 rings (SSSR count). The molecule has 0 bridgehead atoms. The van der Waals surface area contributed by atoms with Crippen LogP contribution in [0.1, 0.15) is 37.3 Å². The van der Waals surface area contributed by atoms with Crippen LogP contribution in [0.3, 0.4) is 0 Å². The first-order valence-corrected chi connectivity index (χ1v) is 7.10. The van der Waals surface area contributed by atoms with E-state index in [1.54, 1.807) is 6.07 Å². The first kappa shape index (κ1) is 13.7. The van der Waals surface area contributed by atoms with Crippen LogP contribution < -0.4 is 0 Å². The second-order valence-corrected chi connectivity index (χ2v) is 5.12. The summed E-state index contributed by atoms with van der Waals surface area (Å²) in [5, 5.41) is 9.41. The highest BCUT2D eigenvalue weighted by Gasteiger charge is 2.10. The molecule has 2 aliphatic rings. The summed E-state index contributed by atoms with van der Waals surface area (Å²) in [6.45, 7) is 4.33. The van der Waals surface area contributed by atoms with Crippen molar-refractivity contribution in [2.24, 2.45) is 0 Å². The number of unbranched alkanes of at least 4 members (excludes halogenated alkanes) is 2. The second kappa shape index (κ2) is 6.42. The maximum absolute atomic E-state index is 9.41. The lowest BCUT2D eigenvalue weighted by atomic mass is 9.88. The second-order valence-electron chi connectivity index (χ2n) is 5.12. The molecule has 1 nitrogen and oxygen atoms in total. The predicted molar refractivity (Wildman–Crippen MR) is 81.5 cm³/mol. The molecule has 0 aromatic heterocycles. The van der Waals surface area contributed by atoms with Crippen molar-refractivity contribution in [1.29, 1.82) is 0 Å². The van der Waals surface area contributed by atoms with Crippen LogP contribution in [0.5, 0.6) is 5.75 Å². The van der Waals surface area contributed by atoms with Crippen LogP contribution in [0, 0.1) is 6.92 Å². The summed E-state index contributed by atoms with van der Waals surface area (Å²) in [5.41, 5.74) is 5.43. The molecule has 1 aromatic carbocycles. The Morgan fingerprint density at radius 3 is 2.21 bits per heavy atom. The summed E-state index contributed by atoms with van der Waals surface area (Å²) in [6, 6.07) is 14.1. The third-order valence-electron chi connectivity index (χ3n) is 3.58. The van der Waals surface area contributed by atoms with Crippen molar-refractivity contribution in [3.8, 4) is 16.9 Å². The molecule has 2 aliphatic carbocycles. The number of phenols is 1. The van der Waals surface area contributed by atoms with Gasteiger partial charge in [-0.05, 0) is 48.1 Å². The summed E-state index contributed by atoms with van der Waals surface area (Å²) < 4.78 is 0. The van der Waals surface area contributed by atoms with Crippen LogP contribution in [-0.4, -0.2) is 5.11 Å². The van der Waals surface area contributed by atoms with Crippen LogP contribution in [0.2, 0.25) is 0 Å². The molecule has 0 saturated carbocycles. The predicted octanol–water partition coefficient (Wildman–Crippen LogP) is 5.10. The highest BCUT2D eigenvalue weighted by molar-refractivity contribution is 5.80. The largest absolute Gasteiger partial charge is 0.508 e. The molecule has 0 aliphatic heterocycles. The number of benzene rings is 2. The van der Waals surface area contributed by atoms with E-state index in [1.165, 1.54) is 36.0 Å². The number of para-hydroxylation sites is 1. The molecule has 0 radical (unpaired) electrons. The van der Waals surface area contributed by atoms with E-state index >= 15 is 0 Å². The van der Waals surface area contributed by atoms with Gasteiger partial charge >= 0.3 is 0 Å². The van der Waals surface area contributed by atoms with Crippen molar-refractivity contribution in [2.75, 3.05) is 0 Å². The van der Waals surface area contributed by atoms with Gasteiger partial charge in [-0.3, -0.25) is 0 Å². The van der Waals surface area contributed by atoms with Crippen LogP contribution in [0.15, 0.2) is 42.5 Å². The van der Waals surface area contributed by atoms with Gasteiger partial charge < -0.3 is 5.11 Å². The van der Waals surface area contributed by atoms with E-state index in [0.717, 1.165) is 12.0 Å². The van der Waals surface area contributed by atoms with E-state index in [9.17, 15) is 5.11 Å². The SMILES string of the molecule is CCCCCc1ccccc1O.Cc1cc2ccc1-2. The number of phenolic OH excluding ortho intramolecular Hbond substituents is 1. The molecule has 0 fully saturated rings. The summed E-state index contributed by atoms with van der Waals surface area (Å²) in [7, 11) is 0. The van der Waals surface area contributed by atoms with Crippen molar-refractivity contribution in [1.82, 2.24) is 0 Å². The first-order chi connectivity index (χ1) is 9.22. The van der Waals surface area contributed by atoms with Crippen LogP contribution in [0.25, 0.3) is 11.1 Å². The Morgan fingerprint density at radius 1 is 1.00 bits per heavy atom. The van der Waals surface area contributed by atoms with E-state index in [-0.39, 0.29) is 0 Å².